The molecule has 1 spiro atoms. The Kier molecular flexibility index (Phi) is 2.59. The molecular formula is C18H15N5O2. The van der Waals surface area contributed by atoms with Crippen molar-refractivity contribution in [1.29, 1.82) is 15.9 Å². The molecule has 0 aromatic carbocycles. The van der Waals surface area contributed by atoms with Gasteiger partial charge in [0.1, 0.15) is 11.9 Å². The quantitative estimate of drug-likeness (QED) is 0.847. The summed E-state index contributed by atoms with van der Waals surface area (Å²) in [4.78, 5) is 8.28. The molecule has 5 atom stereocenters. The van der Waals surface area contributed by atoms with Crippen LogP contribution in [-0.2, 0) is 9.47 Å². The van der Waals surface area contributed by atoms with E-state index in [-0.39, 0.29) is 17.7 Å². The van der Waals surface area contributed by atoms with Crippen molar-refractivity contribution in [1.82, 2.24) is 4.98 Å². The predicted molar refractivity (Wildman–Crippen MR) is 85.1 cm³/mol. The number of nitriles is 2. The monoisotopic (exact) mass is 333 g/mol. The average molecular weight is 333 g/mol. The molecule has 7 heteroatoms. The zero-order chi connectivity index (χ0) is 17.3. The predicted octanol–water partition coefficient (Wildman–Crippen LogP) is 2.48. The van der Waals surface area contributed by atoms with Crippen LogP contribution in [0.3, 0.4) is 0 Å². The highest BCUT2D eigenvalue weighted by Crippen LogP contribution is 2.72. The Morgan fingerprint density at radius 2 is 1.92 bits per heavy atom. The van der Waals surface area contributed by atoms with Gasteiger partial charge in [-0.1, -0.05) is 6.42 Å². The first kappa shape index (κ1) is 14.6. The van der Waals surface area contributed by atoms with E-state index in [9.17, 15) is 10.5 Å². The number of amidine groups is 1. The summed E-state index contributed by atoms with van der Waals surface area (Å²) in [6.45, 7) is 0. The van der Waals surface area contributed by atoms with E-state index in [4.69, 9.17) is 14.9 Å². The van der Waals surface area contributed by atoms with Crippen LogP contribution in [0.5, 0.6) is 0 Å². The number of pyridine rings is 1. The van der Waals surface area contributed by atoms with Gasteiger partial charge in [-0.15, -0.1) is 0 Å². The molecular weight excluding hydrogens is 318 g/mol. The zero-order valence-corrected chi connectivity index (χ0v) is 13.4. The number of ether oxygens (including phenoxy) is 2. The smallest absolute Gasteiger partial charge is 0.218 e. The van der Waals surface area contributed by atoms with Crippen molar-refractivity contribution in [2.75, 3.05) is 0 Å². The van der Waals surface area contributed by atoms with E-state index in [1.165, 1.54) is 0 Å². The standard InChI is InChI=1S/C18H15N5O2/c19-9-16-12-3-1-2-6-18(12)24-13(11-4-7-22-8-5-11)17(16,10-20)15(25-18)23-14(16)21/h4-5,7-8,12-13,21H,1-3,6H2/t12-,13-,16-,17-,18+/m1/s1. The van der Waals surface area contributed by atoms with Gasteiger partial charge in [0.15, 0.2) is 10.8 Å². The van der Waals surface area contributed by atoms with Crippen LogP contribution in [-0.4, -0.2) is 22.5 Å². The maximum Gasteiger partial charge on any atom is 0.218 e. The van der Waals surface area contributed by atoms with Gasteiger partial charge in [-0.25, -0.2) is 0 Å². The third kappa shape index (κ3) is 1.35. The van der Waals surface area contributed by atoms with Crippen molar-refractivity contribution in [3.8, 4) is 12.1 Å². The Labute approximate surface area is 144 Å². The van der Waals surface area contributed by atoms with Gasteiger partial charge >= 0.3 is 0 Å². The first-order chi connectivity index (χ1) is 12.1. The number of hydrogen-bond donors (Lipinski definition) is 1. The Hall–Kier alpha value is -2.77. The highest BCUT2D eigenvalue weighted by atomic mass is 16.7. The molecule has 6 rings (SSSR count). The van der Waals surface area contributed by atoms with E-state index < -0.39 is 22.7 Å². The molecule has 1 N–H and O–H groups in total. The van der Waals surface area contributed by atoms with Crippen LogP contribution in [0.1, 0.15) is 37.4 Å². The second-order valence-electron chi connectivity index (χ2n) is 7.10. The number of rotatable bonds is 1. The van der Waals surface area contributed by atoms with Gasteiger partial charge in [0.25, 0.3) is 0 Å². The van der Waals surface area contributed by atoms with Gasteiger partial charge < -0.3 is 9.47 Å². The van der Waals surface area contributed by atoms with E-state index in [0.717, 1.165) is 18.4 Å². The summed E-state index contributed by atoms with van der Waals surface area (Å²) in [5, 5.41) is 28.9. The minimum absolute atomic E-state index is 0.0670. The molecule has 0 unspecified atom stereocenters. The number of hydrogen-bond acceptors (Lipinski definition) is 6. The topological polar surface area (TPSA) is 115 Å². The van der Waals surface area contributed by atoms with E-state index in [1.807, 2.05) is 0 Å². The number of aromatic nitrogens is 1. The van der Waals surface area contributed by atoms with Crippen LogP contribution in [0.15, 0.2) is 29.5 Å². The molecule has 1 aliphatic carbocycles. The lowest BCUT2D eigenvalue weighted by Crippen LogP contribution is -2.72. The SMILES string of the molecule is N#C[C@@]12C3=NC(=N)[C@@]1(C#N)[C@H]1CCCC[C@@]1(O3)O[C@@H]2c1ccncc1. The second kappa shape index (κ2) is 4.44. The third-order valence-corrected chi connectivity index (χ3v) is 6.21. The summed E-state index contributed by atoms with van der Waals surface area (Å²) in [5.74, 6) is -1.24. The van der Waals surface area contributed by atoms with Crippen molar-refractivity contribution in [2.24, 2.45) is 21.7 Å². The fourth-order valence-electron chi connectivity index (χ4n) is 5.16. The van der Waals surface area contributed by atoms with E-state index in [2.05, 4.69) is 22.1 Å². The van der Waals surface area contributed by atoms with Crippen LogP contribution in [0, 0.1) is 44.8 Å². The summed E-state index contributed by atoms with van der Waals surface area (Å²) in [5.41, 5.74) is -2.00. The maximum absolute atomic E-state index is 10.2. The lowest BCUT2D eigenvalue weighted by molar-refractivity contribution is -0.355. The van der Waals surface area contributed by atoms with Gasteiger partial charge in [0, 0.05) is 18.8 Å². The minimum atomic E-state index is -1.43. The van der Waals surface area contributed by atoms with Gasteiger partial charge in [0.05, 0.1) is 18.1 Å². The molecule has 5 heterocycles. The molecule has 5 aliphatic rings. The molecule has 1 aromatic heterocycles. The van der Waals surface area contributed by atoms with Crippen LogP contribution in [0.25, 0.3) is 0 Å². The molecule has 4 aliphatic heterocycles. The fourth-order valence-corrected chi connectivity index (χ4v) is 5.16. The van der Waals surface area contributed by atoms with Crippen LogP contribution >= 0.6 is 0 Å². The third-order valence-electron chi connectivity index (χ3n) is 6.21. The summed E-state index contributed by atoms with van der Waals surface area (Å²) in [6.07, 6.45) is 5.73. The molecule has 1 aromatic rings. The lowest BCUT2D eigenvalue weighted by atomic mass is 9.48. The number of nitrogens with zero attached hydrogens (tertiary/aromatic N) is 4. The Morgan fingerprint density at radius 3 is 2.64 bits per heavy atom. The van der Waals surface area contributed by atoms with Gasteiger partial charge in [-0.05, 0) is 30.5 Å². The Morgan fingerprint density at radius 1 is 1.16 bits per heavy atom. The molecule has 7 nitrogen and oxygen atoms in total. The average Bonchev–Trinajstić information content (AvgIpc) is 2.85. The second-order valence-corrected chi connectivity index (χ2v) is 7.10. The largest absolute Gasteiger partial charge is 0.447 e. The lowest BCUT2D eigenvalue weighted by Gasteiger charge is -2.63. The molecule has 0 radical (unpaired) electrons. The minimum Gasteiger partial charge on any atom is -0.447 e. The van der Waals surface area contributed by atoms with Crippen LogP contribution in [0.2, 0.25) is 0 Å². The van der Waals surface area contributed by atoms with E-state index in [1.54, 1.807) is 24.5 Å². The molecule has 4 fully saturated rings. The first-order valence-electron chi connectivity index (χ1n) is 8.42. The molecule has 4 bridgehead atoms. The molecule has 25 heavy (non-hydrogen) atoms. The van der Waals surface area contributed by atoms with Crippen molar-refractivity contribution < 1.29 is 9.47 Å². The Bertz CT molecular complexity index is 900. The van der Waals surface area contributed by atoms with Gasteiger partial charge in [-0.3, -0.25) is 10.4 Å². The Balaban J connectivity index is 1.82. The van der Waals surface area contributed by atoms with E-state index in [0.29, 0.717) is 12.8 Å². The summed E-state index contributed by atoms with van der Waals surface area (Å²) in [6, 6.07) is 8.21. The highest BCUT2D eigenvalue weighted by Gasteiger charge is 2.83. The first-order valence-corrected chi connectivity index (χ1v) is 8.42. The molecule has 3 saturated heterocycles. The highest BCUT2D eigenvalue weighted by molar-refractivity contribution is 6.12. The zero-order valence-electron chi connectivity index (χ0n) is 13.4. The van der Waals surface area contributed by atoms with Crippen molar-refractivity contribution in [2.45, 2.75) is 37.6 Å². The fraction of sp³-hybridized carbons (Fsp3) is 0.500. The number of fused-ring (bicyclic) bond motifs is 1. The van der Waals surface area contributed by atoms with Gasteiger partial charge in [-0.2, -0.15) is 15.5 Å². The van der Waals surface area contributed by atoms with Crippen LogP contribution < -0.4 is 0 Å². The number of nitrogens with one attached hydrogen (secondary N) is 1. The summed E-state index contributed by atoms with van der Waals surface area (Å²) < 4.78 is 12.5. The maximum atomic E-state index is 10.2. The molecule has 1 saturated carbocycles. The van der Waals surface area contributed by atoms with Gasteiger partial charge in [0.2, 0.25) is 11.7 Å². The van der Waals surface area contributed by atoms with Crippen molar-refractivity contribution >= 4 is 11.7 Å². The number of aliphatic imine (C=N–C) groups is 1. The summed E-state index contributed by atoms with van der Waals surface area (Å²) in [7, 11) is 0. The summed E-state index contributed by atoms with van der Waals surface area (Å²) >= 11 is 0. The van der Waals surface area contributed by atoms with E-state index >= 15 is 0 Å². The molecule has 0 amide bonds. The molecule has 124 valence electrons. The van der Waals surface area contributed by atoms with Crippen molar-refractivity contribution in [3.05, 3.63) is 30.1 Å². The van der Waals surface area contributed by atoms with Crippen LogP contribution in [0.4, 0.5) is 0 Å². The normalized spacial score (nSPS) is 43.4. The van der Waals surface area contributed by atoms with Crippen molar-refractivity contribution in [3.63, 3.8) is 0 Å².